The lowest BCUT2D eigenvalue weighted by atomic mass is 10.1. The van der Waals surface area contributed by atoms with Crippen LogP contribution in [-0.2, 0) is 14.8 Å². The Labute approximate surface area is 161 Å². The van der Waals surface area contributed by atoms with Gasteiger partial charge >= 0.3 is 0 Å². The average molecular weight is 390 g/mol. The van der Waals surface area contributed by atoms with Gasteiger partial charge in [-0.1, -0.05) is 12.1 Å². The summed E-state index contributed by atoms with van der Waals surface area (Å²) in [5, 5.41) is 2.81. The molecule has 6 nitrogen and oxygen atoms in total. The maximum Gasteiger partial charge on any atom is 0.232 e. The summed E-state index contributed by atoms with van der Waals surface area (Å²) in [7, 11) is 0.397. The van der Waals surface area contributed by atoms with Crippen molar-refractivity contribution in [2.75, 3.05) is 41.4 Å². The number of aryl methyl sites for hydroxylation is 1. The third-order valence-corrected chi connectivity index (χ3v) is 5.63. The van der Waals surface area contributed by atoms with Gasteiger partial charge in [-0.25, -0.2) is 8.42 Å². The van der Waals surface area contributed by atoms with Gasteiger partial charge in [0.2, 0.25) is 15.9 Å². The summed E-state index contributed by atoms with van der Waals surface area (Å²) in [4.78, 5) is 14.3. The number of benzene rings is 2. The maximum absolute atomic E-state index is 12.3. The van der Waals surface area contributed by atoms with Crippen LogP contribution in [0.15, 0.2) is 42.5 Å². The van der Waals surface area contributed by atoms with Crippen LogP contribution >= 0.6 is 0 Å². The normalized spacial score (nSPS) is 11.1. The van der Waals surface area contributed by atoms with Crippen molar-refractivity contribution in [3.05, 3.63) is 53.6 Å². The van der Waals surface area contributed by atoms with E-state index >= 15 is 0 Å². The van der Waals surface area contributed by atoms with Gasteiger partial charge in [-0.05, 0) is 55.3 Å². The lowest BCUT2D eigenvalue weighted by Gasteiger charge is -2.24. The number of nitrogens with zero attached hydrogens (tertiary/aromatic N) is 2. The van der Waals surface area contributed by atoms with Gasteiger partial charge in [0.25, 0.3) is 0 Å². The average Bonchev–Trinajstić information content (AvgIpc) is 2.58. The maximum atomic E-state index is 12.3. The van der Waals surface area contributed by atoms with Gasteiger partial charge in [0.05, 0.1) is 11.9 Å². The molecule has 27 heavy (non-hydrogen) atoms. The summed E-state index contributed by atoms with van der Waals surface area (Å²) in [5.41, 5.74) is 4.23. The Kier molecular flexibility index (Phi) is 6.49. The van der Waals surface area contributed by atoms with E-state index in [1.807, 2.05) is 69.2 Å². The molecule has 2 aromatic carbocycles. The Morgan fingerprint density at radius 2 is 1.67 bits per heavy atom. The highest BCUT2D eigenvalue weighted by atomic mass is 32.2. The molecule has 0 saturated heterocycles. The fourth-order valence-corrected chi connectivity index (χ4v) is 3.72. The van der Waals surface area contributed by atoms with Crippen LogP contribution in [0.5, 0.6) is 0 Å². The van der Waals surface area contributed by atoms with Crippen molar-refractivity contribution in [2.45, 2.75) is 20.3 Å². The van der Waals surface area contributed by atoms with Crippen LogP contribution in [-0.4, -0.2) is 41.2 Å². The van der Waals surface area contributed by atoms with Crippen LogP contribution in [0.3, 0.4) is 0 Å². The Morgan fingerprint density at radius 1 is 1.04 bits per heavy atom. The number of carbonyl (C=O) groups excluding carboxylic acids is 1. The van der Waals surface area contributed by atoms with Crippen LogP contribution in [0, 0.1) is 13.8 Å². The van der Waals surface area contributed by atoms with Crippen LogP contribution in [0.4, 0.5) is 17.1 Å². The van der Waals surface area contributed by atoms with E-state index in [4.69, 9.17) is 0 Å². The number of rotatable bonds is 7. The van der Waals surface area contributed by atoms with Crippen molar-refractivity contribution < 1.29 is 13.2 Å². The van der Waals surface area contributed by atoms with Crippen LogP contribution in [0.1, 0.15) is 17.5 Å². The minimum Gasteiger partial charge on any atom is -0.378 e. The van der Waals surface area contributed by atoms with Gasteiger partial charge in [-0.15, -0.1) is 0 Å². The number of hydrogen-bond donors (Lipinski definition) is 1. The van der Waals surface area contributed by atoms with E-state index in [1.165, 1.54) is 4.31 Å². The smallest absolute Gasteiger partial charge is 0.232 e. The molecule has 0 bridgehead atoms. The van der Waals surface area contributed by atoms with Crippen molar-refractivity contribution in [1.82, 2.24) is 0 Å². The van der Waals surface area contributed by atoms with E-state index < -0.39 is 10.0 Å². The molecule has 0 heterocycles. The molecule has 0 fully saturated rings. The summed E-state index contributed by atoms with van der Waals surface area (Å²) in [6, 6.07) is 13.0. The number of nitrogens with one attached hydrogen (secondary N) is 1. The first kappa shape index (κ1) is 20.8. The monoisotopic (exact) mass is 389 g/mol. The van der Waals surface area contributed by atoms with Crippen molar-refractivity contribution in [3.63, 3.8) is 0 Å². The van der Waals surface area contributed by atoms with Crippen LogP contribution in [0.2, 0.25) is 0 Å². The SMILES string of the molecule is Cc1cccc(N(CCC(=O)Nc2ccc(N(C)C)cc2)S(C)(=O)=O)c1C. The molecule has 1 amide bonds. The molecule has 0 unspecified atom stereocenters. The van der Waals surface area contributed by atoms with E-state index in [0.717, 1.165) is 23.1 Å². The van der Waals surface area contributed by atoms with E-state index in [0.29, 0.717) is 11.4 Å². The molecule has 2 aromatic rings. The second kappa shape index (κ2) is 8.43. The molecule has 2 rings (SSSR count). The van der Waals surface area contributed by atoms with E-state index in [1.54, 1.807) is 6.07 Å². The topological polar surface area (TPSA) is 69.7 Å². The summed E-state index contributed by atoms with van der Waals surface area (Å²) < 4.78 is 25.8. The molecule has 0 aliphatic carbocycles. The molecule has 0 aliphatic rings. The lowest BCUT2D eigenvalue weighted by molar-refractivity contribution is -0.116. The van der Waals surface area contributed by atoms with Gasteiger partial charge in [0.1, 0.15) is 0 Å². The zero-order valence-electron chi connectivity index (χ0n) is 16.5. The number of anilines is 3. The van der Waals surface area contributed by atoms with Crippen molar-refractivity contribution in [2.24, 2.45) is 0 Å². The fraction of sp³-hybridized carbons (Fsp3) is 0.350. The second-order valence-electron chi connectivity index (χ2n) is 6.79. The first-order chi connectivity index (χ1) is 12.6. The summed E-state index contributed by atoms with van der Waals surface area (Å²) in [6.45, 7) is 3.91. The van der Waals surface area contributed by atoms with Gasteiger partial charge in [-0.3, -0.25) is 9.10 Å². The molecular formula is C20H27N3O3S. The largest absolute Gasteiger partial charge is 0.378 e. The van der Waals surface area contributed by atoms with E-state index in [2.05, 4.69) is 5.32 Å². The highest BCUT2D eigenvalue weighted by molar-refractivity contribution is 7.92. The first-order valence-corrected chi connectivity index (χ1v) is 10.6. The van der Waals surface area contributed by atoms with Crippen LogP contribution in [0.25, 0.3) is 0 Å². The highest BCUT2D eigenvalue weighted by Crippen LogP contribution is 2.25. The zero-order chi connectivity index (χ0) is 20.2. The first-order valence-electron chi connectivity index (χ1n) is 8.71. The molecule has 0 spiro atoms. The Bertz CT molecular complexity index is 907. The summed E-state index contributed by atoms with van der Waals surface area (Å²) in [5.74, 6) is -0.230. The number of carbonyl (C=O) groups is 1. The number of amides is 1. The lowest BCUT2D eigenvalue weighted by Crippen LogP contribution is -2.33. The summed E-state index contributed by atoms with van der Waals surface area (Å²) >= 11 is 0. The third-order valence-electron chi connectivity index (χ3n) is 4.45. The quantitative estimate of drug-likeness (QED) is 0.790. The fourth-order valence-electron chi connectivity index (χ4n) is 2.74. The molecule has 0 aliphatic heterocycles. The molecular weight excluding hydrogens is 362 g/mol. The molecule has 0 aromatic heterocycles. The van der Waals surface area contributed by atoms with Crippen molar-refractivity contribution >= 4 is 33.0 Å². The predicted octanol–water partition coefficient (Wildman–Crippen LogP) is 3.16. The molecule has 1 N–H and O–H groups in total. The van der Waals surface area contributed by atoms with Crippen LogP contribution < -0.4 is 14.5 Å². The van der Waals surface area contributed by atoms with Crippen molar-refractivity contribution in [1.29, 1.82) is 0 Å². The Balaban J connectivity index is 2.09. The summed E-state index contributed by atoms with van der Waals surface area (Å²) in [6.07, 6.45) is 1.22. The standard InChI is InChI=1S/C20H27N3O3S/c1-15-7-6-8-19(16(15)2)23(27(5,25)26)14-13-20(24)21-17-9-11-18(12-10-17)22(3)4/h6-12H,13-14H2,1-5H3,(H,21,24). The van der Waals surface area contributed by atoms with Gasteiger partial charge in [-0.2, -0.15) is 0 Å². The number of hydrogen-bond acceptors (Lipinski definition) is 4. The molecule has 146 valence electrons. The highest BCUT2D eigenvalue weighted by Gasteiger charge is 2.20. The Morgan fingerprint density at radius 3 is 2.22 bits per heavy atom. The van der Waals surface area contributed by atoms with E-state index in [9.17, 15) is 13.2 Å². The molecule has 0 radical (unpaired) electrons. The van der Waals surface area contributed by atoms with Gasteiger partial charge in [0, 0.05) is 38.4 Å². The Hall–Kier alpha value is -2.54. The van der Waals surface area contributed by atoms with E-state index in [-0.39, 0.29) is 18.9 Å². The number of sulfonamides is 1. The zero-order valence-corrected chi connectivity index (χ0v) is 17.3. The van der Waals surface area contributed by atoms with Crippen molar-refractivity contribution in [3.8, 4) is 0 Å². The minimum atomic E-state index is -3.49. The predicted molar refractivity (Wildman–Crippen MR) is 112 cm³/mol. The molecule has 0 saturated carbocycles. The second-order valence-corrected chi connectivity index (χ2v) is 8.70. The molecule has 0 atom stereocenters. The van der Waals surface area contributed by atoms with Gasteiger partial charge < -0.3 is 10.2 Å². The minimum absolute atomic E-state index is 0.0654. The third kappa shape index (κ3) is 5.47. The molecule has 7 heteroatoms. The van der Waals surface area contributed by atoms with Gasteiger partial charge in [0.15, 0.2) is 0 Å².